The van der Waals surface area contributed by atoms with Gasteiger partial charge in [0.05, 0.1) is 0 Å². The summed E-state index contributed by atoms with van der Waals surface area (Å²) >= 11 is -2.08. The van der Waals surface area contributed by atoms with Gasteiger partial charge in [-0.2, -0.15) is 0 Å². The third-order valence-electron chi connectivity index (χ3n) is 2.71. The highest BCUT2D eigenvalue weighted by Crippen LogP contribution is 2.36. The lowest BCUT2D eigenvalue weighted by atomic mass is 9.74. The highest BCUT2D eigenvalue weighted by Gasteiger charge is 2.31. The first-order valence-electron chi connectivity index (χ1n) is 4.91. The van der Waals surface area contributed by atoms with E-state index in [0.29, 0.717) is 0 Å². The molecule has 0 saturated carbocycles. The largest absolute Gasteiger partial charge is 0.772 e. The number of aliphatic hydroxyl groups excluding tert-OH is 1. The summed E-state index contributed by atoms with van der Waals surface area (Å²) in [5.41, 5.74) is -0.428. The van der Waals surface area contributed by atoms with Crippen LogP contribution in [0.25, 0.3) is 0 Å². The van der Waals surface area contributed by atoms with Crippen molar-refractivity contribution in [2.24, 2.45) is 10.8 Å². The van der Waals surface area contributed by atoms with E-state index in [4.69, 9.17) is 0 Å². The first-order valence-corrected chi connectivity index (χ1v) is 6.16. The lowest BCUT2D eigenvalue weighted by molar-refractivity contribution is 0.103. The molecule has 0 bridgehead atoms. The Morgan fingerprint density at radius 3 is 2.14 bits per heavy atom. The quantitative estimate of drug-likeness (QED) is 0.694. The van der Waals surface area contributed by atoms with E-state index in [9.17, 15) is 13.9 Å². The van der Waals surface area contributed by atoms with Crippen molar-refractivity contribution in [1.82, 2.24) is 0 Å². The second kappa shape index (κ2) is 5.24. The van der Waals surface area contributed by atoms with Crippen molar-refractivity contribution in [2.45, 2.75) is 40.5 Å². The third-order valence-corrected chi connectivity index (χ3v) is 3.64. The van der Waals surface area contributed by atoms with Gasteiger partial charge in [-0.05, 0) is 11.8 Å². The Hall–Kier alpha value is 0.0700. The third kappa shape index (κ3) is 5.08. The molecule has 0 rings (SSSR count). The minimum atomic E-state index is -2.08. The minimum Gasteiger partial charge on any atom is -0.772 e. The van der Waals surface area contributed by atoms with Gasteiger partial charge in [0.2, 0.25) is 0 Å². The van der Waals surface area contributed by atoms with E-state index in [0.717, 1.165) is 12.8 Å². The van der Waals surface area contributed by atoms with Crippen LogP contribution in [0.4, 0.5) is 0 Å². The van der Waals surface area contributed by atoms with Crippen LogP contribution in [0.15, 0.2) is 0 Å². The van der Waals surface area contributed by atoms with Crippen LogP contribution in [0.3, 0.4) is 0 Å². The fraction of sp³-hybridized carbons (Fsp3) is 1.00. The van der Waals surface area contributed by atoms with Gasteiger partial charge in [0, 0.05) is 17.8 Å². The van der Waals surface area contributed by atoms with Crippen molar-refractivity contribution < 1.29 is 13.9 Å². The topological polar surface area (TPSA) is 60.4 Å². The van der Waals surface area contributed by atoms with Crippen LogP contribution in [0.1, 0.15) is 40.5 Å². The molecule has 0 aromatic carbocycles. The van der Waals surface area contributed by atoms with E-state index in [-0.39, 0.29) is 17.8 Å². The van der Waals surface area contributed by atoms with Crippen LogP contribution in [0.2, 0.25) is 0 Å². The van der Waals surface area contributed by atoms with Crippen molar-refractivity contribution in [3.05, 3.63) is 0 Å². The number of hydrogen-bond acceptors (Lipinski definition) is 3. The molecule has 0 aromatic heterocycles. The molecule has 14 heavy (non-hydrogen) atoms. The zero-order valence-electron chi connectivity index (χ0n) is 9.50. The molecule has 3 nitrogen and oxygen atoms in total. The summed E-state index contributed by atoms with van der Waals surface area (Å²) < 4.78 is 21.3. The van der Waals surface area contributed by atoms with Crippen LogP contribution in [0, 0.1) is 10.8 Å². The van der Waals surface area contributed by atoms with Crippen LogP contribution in [-0.4, -0.2) is 26.2 Å². The lowest BCUT2D eigenvalue weighted by Crippen LogP contribution is -2.33. The number of hydrogen-bond donors (Lipinski definition) is 1. The summed E-state index contributed by atoms with van der Waals surface area (Å²) in [6, 6.07) is 0. The predicted octanol–water partition coefficient (Wildman–Crippen LogP) is 1.69. The number of rotatable bonds is 6. The van der Waals surface area contributed by atoms with Gasteiger partial charge in [-0.3, -0.25) is 4.21 Å². The molecule has 0 heterocycles. The Labute approximate surface area is 89.2 Å². The molecular formula is C10H21O3S-. The molecular weight excluding hydrogens is 200 g/mol. The molecule has 86 valence electrons. The summed E-state index contributed by atoms with van der Waals surface area (Å²) in [4.78, 5) is 0. The van der Waals surface area contributed by atoms with Crippen molar-refractivity contribution in [3.8, 4) is 0 Å². The van der Waals surface area contributed by atoms with Gasteiger partial charge >= 0.3 is 0 Å². The van der Waals surface area contributed by atoms with E-state index >= 15 is 0 Å². The highest BCUT2D eigenvalue weighted by atomic mass is 32.2. The maximum atomic E-state index is 10.6. The molecule has 0 aromatic rings. The van der Waals surface area contributed by atoms with Gasteiger partial charge in [-0.1, -0.05) is 45.2 Å². The SMILES string of the molecule is CCC(C)(C)CC(C)(CO)CS(=O)[O-]. The smallest absolute Gasteiger partial charge is 0.0493 e. The van der Waals surface area contributed by atoms with Crippen LogP contribution in [0.5, 0.6) is 0 Å². The van der Waals surface area contributed by atoms with Crippen molar-refractivity contribution >= 4 is 11.1 Å². The standard InChI is InChI=1S/C10H22O3S/c1-5-9(2,3)6-10(4,7-11)8-14(12)13/h11H,5-8H2,1-4H3,(H,12,13)/p-1. The molecule has 2 unspecified atom stereocenters. The average Bonchev–Trinajstić information content (AvgIpc) is 2.02. The molecule has 0 aliphatic heterocycles. The molecule has 4 heteroatoms. The summed E-state index contributed by atoms with van der Waals surface area (Å²) in [7, 11) is 0. The van der Waals surface area contributed by atoms with Crippen molar-refractivity contribution in [3.63, 3.8) is 0 Å². The van der Waals surface area contributed by atoms with Crippen LogP contribution >= 0.6 is 0 Å². The van der Waals surface area contributed by atoms with E-state index in [1.807, 2.05) is 6.92 Å². The molecule has 0 radical (unpaired) electrons. The Kier molecular flexibility index (Phi) is 5.26. The monoisotopic (exact) mass is 221 g/mol. The fourth-order valence-electron chi connectivity index (χ4n) is 1.72. The Morgan fingerprint density at radius 1 is 1.36 bits per heavy atom. The highest BCUT2D eigenvalue weighted by molar-refractivity contribution is 7.79. The van der Waals surface area contributed by atoms with Gasteiger partial charge in [-0.25, -0.2) is 0 Å². The van der Waals surface area contributed by atoms with Crippen molar-refractivity contribution in [2.75, 3.05) is 12.4 Å². The summed E-state index contributed by atoms with van der Waals surface area (Å²) in [5, 5.41) is 9.22. The average molecular weight is 221 g/mol. The van der Waals surface area contributed by atoms with Gasteiger partial charge in [0.25, 0.3) is 0 Å². The second-order valence-corrected chi connectivity index (χ2v) is 6.01. The Bertz CT molecular complexity index is 204. The van der Waals surface area contributed by atoms with Crippen LogP contribution in [-0.2, 0) is 11.1 Å². The lowest BCUT2D eigenvalue weighted by Gasteiger charge is -2.36. The molecule has 0 aliphatic carbocycles. The molecule has 0 fully saturated rings. The van der Waals surface area contributed by atoms with Gasteiger partial charge in [0.1, 0.15) is 0 Å². The van der Waals surface area contributed by atoms with E-state index < -0.39 is 16.5 Å². The fourth-order valence-corrected chi connectivity index (χ4v) is 2.48. The predicted molar refractivity (Wildman–Crippen MR) is 57.7 cm³/mol. The summed E-state index contributed by atoms with van der Waals surface area (Å²) in [6.07, 6.45) is 1.70. The Morgan fingerprint density at radius 2 is 1.86 bits per heavy atom. The Balaban J connectivity index is 4.46. The molecule has 0 aliphatic rings. The molecule has 0 amide bonds. The van der Waals surface area contributed by atoms with Gasteiger partial charge in [0.15, 0.2) is 0 Å². The summed E-state index contributed by atoms with van der Waals surface area (Å²) in [5.74, 6) is 0.0347. The zero-order chi connectivity index (χ0) is 11.4. The molecule has 1 N–H and O–H groups in total. The normalized spacial score (nSPS) is 19.0. The molecule has 0 spiro atoms. The van der Waals surface area contributed by atoms with E-state index in [1.54, 1.807) is 0 Å². The molecule has 2 atom stereocenters. The summed E-state index contributed by atoms with van der Waals surface area (Å²) in [6.45, 7) is 8.00. The zero-order valence-corrected chi connectivity index (χ0v) is 10.3. The van der Waals surface area contributed by atoms with Gasteiger partial charge < -0.3 is 9.66 Å². The number of aliphatic hydroxyl groups is 1. The first kappa shape index (κ1) is 14.1. The van der Waals surface area contributed by atoms with E-state index in [1.165, 1.54) is 0 Å². The van der Waals surface area contributed by atoms with Gasteiger partial charge in [-0.15, -0.1) is 0 Å². The first-order chi connectivity index (χ1) is 6.24. The second-order valence-electron chi connectivity index (χ2n) is 5.11. The van der Waals surface area contributed by atoms with E-state index in [2.05, 4.69) is 20.8 Å². The molecule has 0 saturated heterocycles. The minimum absolute atomic E-state index is 0.0347. The maximum absolute atomic E-state index is 10.6. The maximum Gasteiger partial charge on any atom is 0.0493 e. The van der Waals surface area contributed by atoms with Crippen molar-refractivity contribution in [1.29, 1.82) is 0 Å². The van der Waals surface area contributed by atoms with Crippen LogP contribution < -0.4 is 0 Å².